The zero-order chi connectivity index (χ0) is 21.0. The quantitative estimate of drug-likeness (QED) is 0.390. The van der Waals surface area contributed by atoms with Gasteiger partial charge in [-0.05, 0) is 36.8 Å². The first-order valence-electron chi connectivity index (χ1n) is 9.02. The van der Waals surface area contributed by atoms with Gasteiger partial charge in [-0.2, -0.15) is 0 Å². The molecule has 2 aromatic carbocycles. The van der Waals surface area contributed by atoms with Crippen molar-refractivity contribution < 1.29 is 13.2 Å². The van der Waals surface area contributed by atoms with Gasteiger partial charge in [-0.15, -0.1) is 0 Å². The van der Waals surface area contributed by atoms with Crippen LogP contribution >= 0.6 is 23.8 Å². The highest BCUT2D eigenvalue weighted by atomic mass is 35.5. The molecular weight excluding hydrogens is 423 g/mol. The Kier molecular flexibility index (Phi) is 7.18. The van der Waals surface area contributed by atoms with Crippen molar-refractivity contribution in [2.45, 2.75) is 25.6 Å². The van der Waals surface area contributed by atoms with Gasteiger partial charge in [0.15, 0.2) is 5.11 Å². The van der Waals surface area contributed by atoms with E-state index in [1.807, 2.05) is 0 Å². The van der Waals surface area contributed by atoms with Gasteiger partial charge in [-0.25, -0.2) is 18.6 Å². The van der Waals surface area contributed by atoms with Gasteiger partial charge in [0, 0.05) is 54.4 Å². The zero-order valence-electron chi connectivity index (χ0n) is 15.4. The van der Waals surface area contributed by atoms with E-state index in [-0.39, 0.29) is 41.3 Å². The summed E-state index contributed by atoms with van der Waals surface area (Å²) in [5.74, 6) is -1.42. The third kappa shape index (κ3) is 5.51. The number of nitrogens with one attached hydrogen (secondary N) is 3. The molecule has 1 aliphatic rings. The molecule has 2 aromatic rings. The van der Waals surface area contributed by atoms with Crippen LogP contribution in [0.15, 0.2) is 30.3 Å². The standard InChI is InChI=1S/C19H21ClF3N5S/c20-14-2-1-3-15(21)13(14)9-25-12-4-5-28(10-12)18-7-16(22)11(6-17(18)23)8-26-27-19(24)29/h1-3,6-7,12,25-26H,4-5,8-10H2,(H3,24,27,29)/t12-/m1/s1. The molecule has 1 heterocycles. The summed E-state index contributed by atoms with van der Waals surface area (Å²) in [4.78, 5) is 1.77. The SMILES string of the molecule is NC(=S)NNCc1cc(F)c(N2CC[C@@H](NCc3c(F)cccc3Cl)C2)cc1F. The average molecular weight is 444 g/mol. The van der Waals surface area contributed by atoms with Crippen LogP contribution in [0.2, 0.25) is 5.02 Å². The fourth-order valence-electron chi connectivity index (χ4n) is 3.28. The second-order valence-corrected chi connectivity index (χ2v) is 7.60. The summed E-state index contributed by atoms with van der Waals surface area (Å²) in [5.41, 5.74) is 11.1. The number of anilines is 1. The monoisotopic (exact) mass is 443 g/mol. The smallest absolute Gasteiger partial charge is 0.178 e. The number of rotatable bonds is 7. The van der Waals surface area contributed by atoms with Crippen LogP contribution in [0, 0.1) is 17.5 Å². The van der Waals surface area contributed by atoms with Crippen molar-refractivity contribution in [2.24, 2.45) is 5.73 Å². The van der Waals surface area contributed by atoms with Crippen LogP contribution in [0.1, 0.15) is 17.5 Å². The highest BCUT2D eigenvalue weighted by molar-refractivity contribution is 7.80. The van der Waals surface area contributed by atoms with Crippen LogP contribution in [-0.2, 0) is 13.1 Å². The molecule has 0 bridgehead atoms. The van der Waals surface area contributed by atoms with E-state index in [9.17, 15) is 13.2 Å². The number of benzene rings is 2. The molecule has 29 heavy (non-hydrogen) atoms. The molecule has 0 saturated carbocycles. The lowest BCUT2D eigenvalue weighted by Gasteiger charge is -2.21. The maximum Gasteiger partial charge on any atom is 0.178 e. The predicted octanol–water partition coefficient (Wildman–Crippen LogP) is 2.96. The van der Waals surface area contributed by atoms with Crippen LogP contribution < -0.4 is 26.8 Å². The molecule has 5 nitrogen and oxygen atoms in total. The summed E-state index contributed by atoms with van der Waals surface area (Å²) >= 11 is 10.7. The number of hydrogen-bond donors (Lipinski definition) is 4. The molecule has 0 unspecified atom stereocenters. The van der Waals surface area contributed by atoms with Crippen LogP contribution in [0.3, 0.4) is 0 Å². The fraction of sp³-hybridized carbons (Fsp3) is 0.316. The molecule has 0 spiro atoms. The van der Waals surface area contributed by atoms with Crippen molar-refractivity contribution in [1.29, 1.82) is 0 Å². The lowest BCUT2D eigenvalue weighted by Crippen LogP contribution is -2.40. The lowest BCUT2D eigenvalue weighted by molar-refractivity contribution is 0.528. The van der Waals surface area contributed by atoms with E-state index in [1.54, 1.807) is 17.0 Å². The molecule has 0 radical (unpaired) electrons. The van der Waals surface area contributed by atoms with Crippen molar-refractivity contribution in [3.05, 3.63) is 63.9 Å². The molecule has 1 fully saturated rings. The van der Waals surface area contributed by atoms with Crippen molar-refractivity contribution in [3.8, 4) is 0 Å². The first kappa shape index (κ1) is 21.6. The molecule has 1 atom stereocenters. The van der Waals surface area contributed by atoms with Gasteiger partial charge in [-0.3, -0.25) is 5.43 Å². The third-order valence-corrected chi connectivity index (χ3v) is 5.22. The van der Waals surface area contributed by atoms with Crippen molar-refractivity contribution in [1.82, 2.24) is 16.2 Å². The van der Waals surface area contributed by atoms with Crippen LogP contribution in [0.5, 0.6) is 0 Å². The molecular formula is C19H21ClF3N5S. The van der Waals surface area contributed by atoms with E-state index >= 15 is 0 Å². The third-order valence-electron chi connectivity index (χ3n) is 4.76. The minimum Gasteiger partial charge on any atom is -0.375 e. The van der Waals surface area contributed by atoms with Crippen molar-refractivity contribution in [2.75, 3.05) is 18.0 Å². The first-order valence-corrected chi connectivity index (χ1v) is 9.81. The zero-order valence-corrected chi connectivity index (χ0v) is 17.0. The van der Waals surface area contributed by atoms with Gasteiger partial charge in [0.05, 0.1) is 5.69 Å². The number of nitrogens with two attached hydrogens (primary N) is 1. The summed E-state index contributed by atoms with van der Waals surface area (Å²) in [5, 5.41) is 3.60. The second-order valence-electron chi connectivity index (χ2n) is 6.75. The Balaban J connectivity index is 1.60. The summed E-state index contributed by atoms with van der Waals surface area (Å²) in [6, 6.07) is 6.88. The van der Waals surface area contributed by atoms with Gasteiger partial charge in [-0.1, -0.05) is 17.7 Å². The van der Waals surface area contributed by atoms with Crippen LogP contribution in [-0.4, -0.2) is 24.2 Å². The number of nitrogens with zero attached hydrogens (tertiary/aromatic N) is 1. The molecule has 3 rings (SSSR count). The Morgan fingerprint density at radius 1 is 1.17 bits per heavy atom. The van der Waals surface area contributed by atoms with Crippen molar-refractivity contribution in [3.63, 3.8) is 0 Å². The number of thiocarbonyl (C=S) groups is 1. The Morgan fingerprint density at radius 3 is 2.69 bits per heavy atom. The Labute approximate surface area is 177 Å². The maximum absolute atomic E-state index is 14.6. The van der Waals surface area contributed by atoms with E-state index in [4.69, 9.17) is 17.3 Å². The summed E-state index contributed by atoms with van der Waals surface area (Å²) < 4.78 is 42.8. The Bertz CT molecular complexity index is 878. The first-order chi connectivity index (χ1) is 13.8. The molecule has 0 aromatic heterocycles. The normalized spacial score (nSPS) is 16.3. The van der Waals surface area contributed by atoms with E-state index in [0.717, 1.165) is 6.07 Å². The molecule has 0 amide bonds. The number of halogens is 4. The number of hydrazine groups is 1. The van der Waals surface area contributed by atoms with E-state index in [0.29, 0.717) is 30.1 Å². The predicted molar refractivity (Wildman–Crippen MR) is 112 cm³/mol. The summed E-state index contributed by atoms with van der Waals surface area (Å²) in [7, 11) is 0. The van der Waals surface area contributed by atoms with Crippen LogP contribution in [0.25, 0.3) is 0 Å². The molecule has 10 heteroatoms. The summed E-state index contributed by atoms with van der Waals surface area (Å²) in [6.45, 7) is 1.32. The highest BCUT2D eigenvalue weighted by Crippen LogP contribution is 2.27. The Hall–Kier alpha value is -2.07. The molecule has 1 saturated heterocycles. The van der Waals surface area contributed by atoms with Gasteiger partial charge < -0.3 is 16.0 Å². The largest absolute Gasteiger partial charge is 0.375 e. The number of hydrogen-bond acceptors (Lipinski definition) is 4. The molecule has 1 aliphatic heterocycles. The average Bonchev–Trinajstić information content (AvgIpc) is 3.12. The van der Waals surface area contributed by atoms with E-state index < -0.39 is 11.6 Å². The topological polar surface area (TPSA) is 65.3 Å². The second kappa shape index (κ2) is 9.62. The minimum atomic E-state index is -0.534. The minimum absolute atomic E-state index is 0.00393. The highest BCUT2D eigenvalue weighted by Gasteiger charge is 2.25. The lowest BCUT2D eigenvalue weighted by atomic mass is 10.1. The van der Waals surface area contributed by atoms with E-state index in [1.165, 1.54) is 12.1 Å². The van der Waals surface area contributed by atoms with Gasteiger partial charge in [0.25, 0.3) is 0 Å². The molecule has 5 N–H and O–H groups in total. The van der Waals surface area contributed by atoms with Gasteiger partial charge >= 0.3 is 0 Å². The van der Waals surface area contributed by atoms with Crippen LogP contribution in [0.4, 0.5) is 18.9 Å². The van der Waals surface area contributed by atoms with Gasteiger partial charge in [0.1, 0.15) is 17.5 Å². The summed E-state index contributed by atoms with van der Waals surface area (Å²) in [6.07, 6.45) is 0.717. The molecule has 156 valence electrons. The van der Waals surface area contributed by atoms with Gasteiger partial charge in [0.2, 0.25) is 0 Å². The van der Waals surface area contributed by atoms with Crippen molar-refractivity contribution >= 4 is 34.6 Å². The fourth-order valence-corrected chi connectivity index (χ4v) is 3.58. The Morgan fingerprint density at radius 2 is 1.97 bits per heavy atom. The molecule has 0 aliphatic carbocycles. The van der Waals surface area contributed by atoms with E-state index in [2.05, 4.69) is 28.4 Å². The maximum atomic E-state index is 14.6.